The molecule has 0 aliphatic heterocycles. The van der Waals surface area contributed by atoms with Crippen LogP contribution in [-0.2, 0) is 0 Å². The van der Waals surface area contributed by atoms with E-state index in [1.54, 1.807) is 0 Å². The second-order valence-electron chi connectivity index (χ2n) is 6.66. The molecule has 0 aliphatic rings. The molecule has 0 bridgehead atoms. The van der Waals surface area contributed by atoms with Gasteiger partial charge in [0.25, 0.3) is 0 Å². The van der Waals surface area contributed by atoms with E-state index in [0.29, 0.717) is 0 Å². The highest BCUT2D eigenvalue weighted by Crippen LogP contribution is 2.30. The van der Waals surface area contributed by atoms with Gasteiger partial charge in [0, 0.05) is 56.6 Å². The summed E-state index contributed by atoms with van der Waals surface area (Å²) in [6.45, 7) is 10.6. The Labute approximate surface area is 184 Å². The summed E-state index contributed by atoms with van der Waals surface area (Å²) >= 11 is 7.26. The van der Waals surface area contributed by atoms with Crippen molar-refractivity contribution in [1.29, 1.82) is 0 Å². The minimum absolute atomic E-state index is 0.955. The number of rotatable bonds is 6. The molecule has 0 unspecified atom stereocenters. The molecular formula is C23H25Br2N3. The lowest BCUT2D eigenvalue weighted by molar-refractivity contribution is 0.866. The van der Waals surface area contributed by atoms with Gasteiger partial charge in [0.2, 0.25) is 0 Å². The van der Waals surface area contributed by atoms with E-state index in [9.17, 15) is 0 Å². The van der Waals surface area contributed by atoms with Crippen molar-refractivity contribution >= 4 is 49.4 Å². The zero-order valence-electron chi connectivity index (χ0n) is 16.7. The van der Waals surface area contributed by atoms with Gasteiger partial charge in [-0.15, -0.1) is 0 Å². The number of halogens is 2. The van der Waals surface area contributed by atoms with E-state index in [4.69, 9.17) is 4.99 Å². The summed E-state index contributed by atoms with van der Waals surface area (Å²) in [6.07, 6.45) is 1.95. The highest BCUT2D eigenvalue weighted by Gasteiger charge is 2.15. The summed E-state index contributed by atoms with van der Waals surface area (Å²) < 4.78 is 4.41. The second kappa shape index (κ2) is 9.10. The standard InChI is InChI=1S/C23H25Br2N3/c1-5-27(6-2)20-13-9-19(10-14-20)26-15-22-16(3)28(17(4)23(22)25)21-11-7-18(24)8-12-21/h7-15H,5-6H2,1-4H3. The van der Waals surface area contributed by atoms with Crippen LogP contribution in [0.25, 0.3) is 5.69 Å². The number of hydrogen-bond acceptors (Lipinski definition) is 2. The van der Waals surface area contributed by atoms with Gasteiger partial charge in [-0.1, -0.05) is 15.9 Å². The number of aromatic nitrogens is 1. The van der Waals surface area contributed by atoms with Crippen molar-refractivity contribution in [1.82, 2.24) is 4.57 Å². The Kier molecular flexibility index (Phi) is 6.78. The van der Waals surface area contributed by atoms with Gasteiger partial charge in [-0.2, -0.15) is 0 Å². The molecule has 146 valence electrons. The number of benzene rings is 2. The van der Waals surface area contributed by atoms with Gasteiger partial charge in [0.1, 0.15) is 0 Å². The van der Waals surface area contributed by atoms with Crippen LogP contribution in [0.2, 0.25) is 0 Å². The monoisotopic (exact) mass is 501 g/mol. The number of aliphatic imine (C=N–C) groups is 1. The lowest BCUT2D eigenvalue weighted by atomic mass is 10.2. The quantitative estimate of drug-likeness (QED) is 0.326. The van der Waals surface area contributed by atoms with Crippen LogP contribution < -0.4 is 4.90 Å². The first-order chi connectivity index (χ1) is 13.5. The third-order valence-electron chi connectivity index (χ3n) is 5.02. The fourth-order valence-corrected chi connectivity index (χ4v) is 4.26. The smallest absolute Gasteiger partial charge is 0.0631 e. The van der Waals surface area contributed by atoms with Gasteiger partial charge in [0.15, 0.2) is 0 Å². The highest BCUT2D eigenvalue weighted by molar-refractivity contribution is 9.10. The summed E-state index contributed by atoms with van der Waals surface area (Å²) in [5, 5.41) is 0. The first-order valence-corrected chi connectivity index (χ1v) is 11.1. The Morgan fingerprint density at radius 2 is 1.50 bits per heavy atom. The topological polar surface area (TPSA) is 20.5 Å². The SMILES string of the molecule is CCN(CC)c1ccc(N=Cc2c(Br)c(C)n(-c3ccc(Br)cc3)c2C)cc1. The molecule has 28 heavy (non-hydrogen) atoms. The summed E-state index contributed by atoms with van der Waals surface area (Å²) in [7, 11) is 0. The Morgan fingerprint density at radius 3 is 2.07 bits per heavy atom. The molecule has 3 aromatic rings. The van der Waals surface area contributed by atoms with E-state index >= 15 is 0 Å². The Hall–Kier alpha value is -1.85. The van der Waals surface area contributed by atoms with Gasteiger partial charge in [-0.3, -0.25) is 4.99 Å². The first-order valence-electron chi connectivity index (χ1n) is 9.48. The summed E-state index contributed by atoms with van der Waals surface area (Å²) in [5.74, 6) is 0. The zero-order valence-corrected chi connectivity index (χ0v) is 19.9. The Balaban J connectivity index is 1.90. The van der Waals surface area contributed by atoms with Crippen LogP contribution in [0.3, 0.4) is 0 Å². The molecule has 3 rings (SSSR count). The van der Waals surface area contributed by atoms with E-state index in [1.807, 2.05) is 6.21 Å². The minimum Gasteiger partial charge on any atom is -0.372 e. The predicted octanol–water partition coefficient (Wildman–Crippen LogP) is 7.22. The maximum Gasteiger partial charge on any atom is 0.0631 e. The van der Waals surface area contributed by atoms with Crippen LogP contribution in [-0.4, -0.2) is 23.9 Å². The third kappa shape index (κ3) is 4.26. The van der Waals surface area contributed by atoms with Gasteiger partial charge in [-0.05, 0) is 92.2 Å². The number of anilines is 1. The van der Waals surface area contributed by atoms with Crippen molar-refractivity contribution < 1.29 is 0 Å². The molecule has 1 aromatic heterocycles. The van der Waals surface area contributed by atoms with E-state index in [1.165, 1.54) is 5.69 Å². The van der Waals surface area contributed by atoms with Gasteiger partial charge < -0.3 is 9.47 Å². The van der Waals surface area contributed by atoms with Crippen LogP contribution in [0.5, 0.6) is 0 Å². The second-order valence-corrected chi connectivity index (χ2v) is 8.37. The molecule has 1 heterocycles. The van der Waals surface area contributed by atoms with Gasteiger partial charge >= 0.3 is 0 Å². The molecule has 0 N–H and O–H groups in total. The molecule has 2 aromatic carbocycles. The molecule has 0 saturated heterocycles. The summed E-state index contributed by atoms with van der Waals surface area (Å²) in [4.78, 5) is 7.05. The fraction of sp³-hybridized carbons (Fsp3) is 0.261. The van der Waals surface area contributed by atoms with Crippen LogP contribution in [0.4, 0.5) is 11.4 Å². The highest BCUT2D eigenvalue weighted by atomic mass is 79.9. The number of nitrogens with zero attached hydrogens (tertiary/aromatic N) is 3. The number of hydrogen-bond donors (Lipinski definition) is 0. The Bertz CT molecular complexity index is 967. The van der Waals surface area contributed by atoms with Crippen molar-refractivity contribution in [3.63, 3.8) is 0 Å². The van der Waals surface area contributed by atoms with Crippen LogP contribution in [0, 0.1) is 13.8 Å². The molecule has 0 fully saturated rings. The zero-order chi connectivity index (χ0) is 20.3. The molecule has 3 nitrogen and oxygen atoms in total. The van der Waals surface area contributed by atoms with Crippen molar-refractivity contribution in [2.45, 2.75) is 27.7 Å². The third-order valence-corrected chi connectivity index (χ3v) is 6.55. The van der Waals surface area contributed by atoms with Crippen molar-refractivity contribution in [3.8, 4) is 5.69 Å². The summed E-state index contributed by atoms with van der Waals surface area (Å²) in [5.41, 5.74) is 6.76. The molecule has 5 heteroatoms. The largest absolute Gasteiger partial charge is 0.372 e. The molecule has 0 aliphatic carbocycles. The maximum absolute atomic E-state index is 4.72. The average Bonchev–Trinajstić information content (AvgIpc) is 2.92. The molecule has 0 radical (unpaired) electrons. The van der Waals surface area contributed by atoms with E-state index in [0.717, 1.165) is 50.4 Å². The van der Waals surface area contributed by atoms with Crippen LogP contribution >= 0.6 is 31.9 Å². The van der Waals surface area contributed by atoms with Crippen molar-refractivity contribution in [2.24, 2.45) is 4.99 Å². The van der Waals surface area contributed by atoms with Crippen LogP contribution in [0.15, 0.2) is 62.5 Å². The molecule has 0 amide bonds. The van der Waals surface area contributed by atoms with Crippen LogP contribution in [0.1, 0.15) is 30.8 Å². The maximum atomic E-state index is 4.72. The molecule has 0 spiro atoms. The molecule has 0 saturated carbocycles. The first kappa shape index (κ1) is 20.9. The minimum atomic E-state index is 0.955. The van der Waals surface area contributed by atoms with Gasteiger partial charge in [-0.25, -0.2) is 0 Å². The van der Waals surface area contributed by atoms with E-state index in [2.05, 4.69) is 118 Å². The Morgan fingerprint density at radius 1 is 0.893 bits per heavy atom. The van der Waals surface area contributed by atoms with E-state index in [-0.39, 0.29) is 0 Å². The van der Waals surface area contributed by atoms with E-state index < -0.39 is 0 Å². The fourth-order valence-electron chi connectivity index (χ4n) is 3.43. The van der Waals surface area contributed by atoms with Crippen molar-refractivity contribution in [2.75, 3.05) is 18.0 Å². The van der Waals surface area contributed by atoms with Crippen molar-refractivity contribution in [3.05, 3.63) is 74.4 Å². The average molecular weight is 503 g/mol. The molecular weight excluding hydrogens is 478 g/mol. The predicted molar refractivity (Wildman–Crippen MR) is 128 cm³/mol. The lowest BCUT2D eigenvalue weighted by Gasteiger charge is -2.20. The lowest BCUT2D eigenvalue weighted by Crippen LogP contribution is -2.21. The molecule has 0 atom stereocenters. The van der Waals surface area contributed by atoms with Gasteiger partial charge in [0.05, 0.1) is 5.69 Å². The summed E-state index contributed by atoms with van der Waals surface area (Å²) in [6, 6.07) is 16.8. The normalized spacial score (nSPS) is 11.4.